The van der Waals surface area contributed by atoms with Crippen LogP contribution in [-0.4, -0.2) is 19.2 Å². The van der Waals surface area contributed by atoms with Crippen molar-refractivity contribution >= 4 is 5.97 Å². The number of carbonyl (C=O) groups excluding carboxylic acids is 1. The highest BCUT2D eigenvalue weighted by Gasteiger charge is 2.77. The van der Waals surface area contributed by atoms with Crippen molar-refractivity contribution < 1.29 is 14.3 Å². The van der Waals surface area contributed by atoms with Crippen LogP contribution in [0.1, 0.15) is 65.2 Å². The molecule has 0 aromatic heterocycles. The summed E-state index contributed by atoms with van der Waals surface area (Å²) in [6, 6.07) is 0. The van der Waals surface area contributed by atoms with Gasteiger partial charge in [-0.25, -0.2) is 0 Å². The quantitative estimate of drug-likeness (QED) is 0.666. The summed E-state index contributed by atoms with van der Waals surface area (Å²) in [4.78, 5) is 12.7. The van der Waals surface area contributed by atoms with Gasteiger partial charge in [0.05, 0.1) is 18.8 Å². The van der Waals surface area contributed by atoms with Gasteiger partial charge in [-0.15, -0.1) is 0 Å². The number of methoxy groups -OCH3 is 1. The zero-order valence-electron chi connectivity index (χ0n) is 15.3. The maximum Gasteiger partial charge on any atom is 0.311 e. The molecule has 0 amide bonds. The Kier molecular flexibility index (Phi) is 2.80. The van der Waals surface area contributed by atoms with E-state index in [1.54, 1.807) is 7.11 Å². The van der Waals surface area contributed by atoms with Crippen LogP contribution in [0.4, 0.5) is 0 Å². The van der Waals surface area contributed by atoms with Crippen molar-refractivity contribution in [3.05, 3.63) is 12.3 Å². The van der Waals surface area contributed by atoms with Gasteiger partial charge in [-0.2, -0.15) is 0 Å². The van der Waals surface area contributed by atoms with Gasteiger partial charge in [-0.3, -0.25) is 4.79 Å². The fourth-order valence-electron chi connectivity index (χ4n) is 8.54. The lowest BCUT2D eigenvalue weighted by Crippen LogP contribution is -2.66. The van der Waals surface area contributed by atoms with E-state index in [0.29, 0.717) is 22.9 Å². The second kappa shape index (κ2) is 4.40. The molecule has 5 aliphatic rings. The lowest BCUT2D eigenvalue weighted by molar-refractivity contribution is -0.223. The highest BCUT2D eigenvalue weighted by molar-refractivity contribution is 5.77. The summed E-state index contributed by atoms with van der Waals surface area (Å²) in [5.41, 5.74) is 0.768. The molecule has 5 rings (SSSR count). The minimum atomic E-state index is -0.287. The van der Waals surface area contributed by atoms with Crippen molar-refractivity contribution in [2.24, 2.45) is 33.5 Å². The van der Waals surface area contributed by atoms with Gasteiger partial charge < -0.3 is 9.47 Å². The minimum Gasteiger partial charge on any atom is -0.497 e. The molecule has 2 spiro atoms. The third kappa shape index (κ3) is 1.38. The number of hydrogen-bond donors (Lipinski definition) is 0. The van der Waals surface area contributed by atoms with Gasteiger partial charge in [0.25, 0.3) is 0 Å². The van der Waals surface area contributed by atoms with Crippen LogP contribution in [0.3, 0.4) is 0 Å². The highest BCUT2D eigenvalue weighted by atomic mass is 16.5. The Hall–Kier alpha value is -0.990. The van der Waals surface area contributed by atoms with E-state index in [1.807, 2.05) is 6.26 Å². The molecule has 3 nitrogen and oxygen atoms in total. The van der Waals surface area contributed by atoms with E-state index in [0.717, 1.165) is 18.8 Å². The van der Waals surface area contributed by atoms with Crippen molar-refractivity contribution in [1.29, 1.82) is 0 Å². The Bertz CT molecular complexity index is 627. The van der Waals surface area contributed by atoms with Crippen molar-refractivity contribution in [2.45, 2.75) is 71.3 Å². The molecular formula is C21H30O3. The lowest BCUT2D eigenvalue weighted by atomic mass is 9.36. The molecule has 4 saturated carbocycles. The zero-order chi connectivity index (χ0) is 16.8. The summed E-state index contributed by atoms with van der Waals surface area (Å²) in [6.07, 6.45) is 14.6. The molecule has 7 atom stereocenters. The summed E-state index contributed by atoms with van der Waals surface area (Å²) < 4.78 is 11.2. The SMILES string of the molecule is COC(=O)[C@]1(C)CCC[C@@]2(C)[C@@H]3CC[C@]45C=CO[C@H]4C[C@]35CC[C@@H]21. The molecule has 0 aromatic rings. The van der Waals surface area contributed by atoms with Crippen LogP contribution in [0.15, 0.2) is 12.3 Å². The first kappa shape index (κ1) is 15.3. The number of ether oxygens (including phenoxy) is 2. The second-order valence-corrected chi connectivity index (χ2v) is 9.78. The van der Waals surface area contributed by atoms with Crippen molar-refractivity contribution in [3.8, 4) is 0 Å². The number of carbonyl (C=O) groups is 1. The first-order valence-corrected chi connectivity index (χ1v) is 9.85. The van der Waals surface area contributed by atoms with E-state index in [2.05, 4.69) is 19.9 Å². The summed E-state index contributed by atoms with van der Waals surface area (Å²) in [5.74, 6) is 1.25. The maximum atomic E-state index is 12.7. The number of hydrogen-bond acceptors (Lipinski definition) is 3. The maximum absolute atomic E-state index is 12.7. The molecule has 0 bridgehead atoms. The molecule has 0 unspecified atom stereocenters. The zero-order valence-corrected chi connectivity index (χ0v) is 15.3. The van der Waals surface area contributed by atoms with Gasteiger partial charge in [0.2, 0.25) is 0 Å². The summed E-state index contributed by atoms with van der Waals surface area (Å²) in [6.45, 7) is 4.70. The largest absolute Gasteiger partial charge is 0.497 e. The van der Waals surface area contributed by atoms with Crippen molar-refractivity contribution in [1.82, 2.24) is 0 Å². The topological polar surface area (TPSA) is 35.5 Å². The number of fused-ring (bicyclic) bond motifs is 2. The van der Waals surface area contributed by atoms with Gasteiger partial charge in [-0.05, 0) is 80.6 Å². The Morgan fingerprint density at radius 2 is 1.92 bits per heavy atom. The number of rotatable bonds is 1. The fourth-order valence-corrected chi connectivity index (χ4v) is 8.54. The molecule has 1 aliphatic heterocycles. The molecular weight excluding hydrogens is 300 g/mol. The van der Waals surface area contributed by atoms with Crippen LogP contribution in [0.5, 0.6) is 0 Å². The van der Waals surface area contributed by atoms with Gasteiger partial charge in [0.1, 0.15) is 6.10 Å². The van der Waals surface area contributed by atoms with E-state index >= 15 is 0 Å². The second-order valence-electron chi connectivity index (χ2n) is 9.78. The predicted octanol–water partition coefficient (Wildman–Crippen LogP) is 4.46. The van der Waals surface area contributed by atoms with Gasteiger partial charge in [0.15, 0.2) is 0 Å². The van der Waals surface area contributed by atoms with Crippen LogP contribution >= 0.6 is 0 Å². The molecule has 4 fully saturated rings. The van der Waals surface area contributed by atoms with Crippen LogP contribution in [-0.2, 0) is 14.3 Å². The van der Waals surface area contributed by atoms with E-state index in [1.165, 1.54) is 38.5 Å². The molecule has 132 valence electrons. The van der Waals surface area contributed by atoms with E-state index in [4.69, 9.17) is 9.47 Å². The smallest absolute Gasteiger partial charge is 0.311 e. The Labute approximate surface area is 145 Å². The molecule has 4 aliphatic carbocycles. The number of esters is 1. The van der Waals surface area contributed by atoms with Gasteiger partial charge in [0, 0.05) is 5.41 Å². The fraction of sp³-hybridized carbons (Fsp3) is 0.857. The van der Waals surface area contributed by atoms with Crippen LogP contribution in [0, 0.1) is 33.5 Å². The van der Waals surface area contributed by atoms with E-state index in [9.17, 15) is 4.79 Å². The highest BCUT2D eigenvalue weighted by Crippen LogP contribution is 2.81. The molecule has 0 aromatic carbocycles. The molecule has 1 heterocycles. The third-order valence-corrected chi connectivity index (χ3v) is 9.48. The third-order valence-electron chi connectivity index (χ3n) is 9.48. The summed E-state index contributed by atoms with van der Waals surface area (Å²) >= 11 is 0. The van der Waals surface area contributed by atoms with E-state index in [-0.39, 0.29) is 16.8 Å². The Morgan fingerprint density at radius 3 is 2.67 bits per heavy atom. The average molecular weight is 330 g/mol. The minimum absolute atomic E-state index is 0.0256. The first-order valence-electron chi connectivity index (χ1n) is 9.85. The Balaban J connectivity index is 1.55. The molecule has 24 heavy (non-hydrogen) atoms. The predicted molar refractivity (Wildman–Crippen MR) is 91.0 cm³/mol. The standard InChI is InChI=1S/C21H30O3/c1-18-7-4-8-19(2,17(22)23-3)14(18)5-10-21-13-16-20(21,11-12-24-16)9-6-15(18)21/h11-12,14-16H,4-10,13H2,1-3H3/t14-,15-,16-,18+,19+,20-,21+/m0/s1. The van der Waals surface area contributed by atoms with Crippen LogP contribution in [0.25, 0.3) is 0 Å². The normalized spacial score (nSPS) is 57.0. The molecule has 0 saturated heterocycles. The molecule has 0 radical (unpaired) electrons. The van der Waals surface area contributed by atoms with Gasteiger partial charge >= 0.3 is 5.97 Å². The lowest BCUT2D eigenvalue weighted by Gasteiger charge is -2.68. The van der Waals surface area contributed by atoms with Gasteiger partial charge in [-0.1, -0.05) is 13.3 Å². The summed E-state index contributed by atoms with van der Waals surface area (Å²) in [7, 11) is 1.56. The monoisotopic (exact) mass is 330 g/mol. The molecule has 3 heteroatoms. The summed E-state index contributed by atoms with van der Waals surface area (Å²) in [5, 5.41) is 0. The average Bonchev–Trinajstić information content (AvgIpc) is 3.03. The molecule has 0 N–H and O–H groups in total. The van der Waals surface area contributed by atoms with Crippen molar-refractivity contribution in [2.75, 3.05) is 7.11 Å². The van der Waals surface area contributed by atoms with Crippen molar-refractivity contribution in [3.63, 3.8) is 0 Å². The first-order chi connectivity index (χ1) is 11.4. The Morgan fingerprint density at radius 1 is 1.12 bits per heavy atom. The van der Waals surface area contributed by atoms with Crippen LogP contribution in [0.2, 0.25) is 0 Å². The van der Waals surface area contributed by atoms with Crippen LogP contribution < -0.4 is 0 Å². The van der Waals surface area contributed by atoms with E-state index < -0.39 is 0 Å².